The summed E-state index contributed by atoms with van der Waals surface area (Å²) in [5, 5.41) is 12.5. The van der Waals surface area contributed by atoms with Gasteiger partial charge in [0.2, 0.25) is 10.0 Å². The number of piperidine rings is 1. The molecule has 5 rings (SSSR count). The lowest BCUT2D eigenvalue weighted by atomic mass is 10.0. The van der Waals surface area contributed by atoms with Crippen molar-refractivity contribution in [1.82, 2.24) is 4.90 Å². The van der Waals surface area contributed by atoms with E-state index >= 15 is 0 Å². The number of sulfonamides is 1. The van der Waals surface area contributed by atoms with Crippen molar-refractivity contribution in [3.05, 3.63) is 46.8 Å². The third kappa shape index (κ3) is 8.33. The predicted molar refractivity (Wildman–Crippen MR) is 163 cm³/mol. The van der Waals surface area contributed by atoms with E-state index in [-0.39, 0.29) is 42.0 Å². The maximum atomic E-state index is 13.7. The van der Waals surface area contributed by atoms with Crippen LogP contribution >= 0.6 is 11.3 Å². The van der Waals surface area contributed by atoms with Crippen LogP contribution in [0.5, 0.6) is 5.75 Å². The van der Waals surface area contributed by atoms with Crippen molar-refractivity contribution in [3.8, 4) is 17.6 Å². The van der Waals surface area contributed by atoms with Crippen LogP contribution < -0.4 is 20.5 Å². The highest BCUT2D eigenvalue weighted by atomic mass is 32.2. The van der Waals surface area contributed by atoms with E-state index in [1.54, 1.807) is 12.1 Å². The molecule has 1 saturated carbocycles. The third-order valence-electron chi connectivity index (χ3n) is 7.54. The van der Waals surface area contributed by atoms with Crippen molar-refractivity contribution in [2.24, 2.45) is 5.14 Å². The third-order valence-corrected chi connectivity index (χ3v) is 9.65. The summed E-state index contributed by atoms with van der Waals surface area (Å²) in [4.78, 5) is 2.79. The van der Waals surface area contributed by atoms with Gasteiger partial charge in [-0.2, -0.15) is 13.2 Å². The lowest BCUT2D eigenvalue weighted by Crippen LogP contribution is -2.40. The van der Waals surface area contributed by atoms with E-state index in [0.29, 0.717) is 16.0 Å². The van der Waals surface area contributed by atoms with Crippen LogP contribution in [-0.4, -0.2) is 71.5 Å². The first-order chi connectivity index (χ1) is 20.5. The SMILES string of the molecule is COCCOc1cc(S(N)(=O)=O)ccc1NCC#Cc1sc2c(NC3CCN(C4CC4)CC3)cccc2c1CC(F)(F)F. The minimum Gasteiger partial charge on any atom is -0.489 e. The van der Waals surface area contributed by atoms with Gasteiger partial charge in [0.05, 0.1) is 45.4 Å². The normalized spacial score (nSPS) is 16.6. The van der Waals surface area contributed by atoms with Gasteiger partial charge in [0, 0.05) is 38.3 Å². The number of nitrogens with zero attached hydrogens (tertiary/aromatic N) is 1. The number of anilines is 2. The lowest BCUT2D eigenvalue weighted by Gasteiger charge is -2.33. The van der Waals surface area contributed by atoms with Gasteiger partial charge < -0.3 is 25.0 Å². The van der Waals surface area contributed by atoms with E-state index in [1.807, 2.05) is 6.07 Å². The summed E-state index contributed by atoms with van der Waals surface area (Å²) in [6, 6.07) is 10.6. The molecule has 2 aromatic carbocycles. The molecule has 0 radical (unpaired) electrons. The molecule has 2 aliphatic rings. The first-order valence-electron chi connectivity index (χ1n) is 14.1. The Morgan fingerprint density at radius 3 is 2.53 bits per heavy atom. The average Bonchev–Trinajstić information content (AvgIpc) is 3.75. The fourth-order valence-corrected chi connectivity index (χ4v) is 6.97. The summed E-state index contributed by atoms with van der Waals surface area (Å²) >= 11 is 1.27. The number of fused-ring (bicyclic) bond motifs is 1. The van der Waals surface area contributed by atoms with Crippen LogP contribution in [0.25, 0.3) is 10.1 Å². The number of methoxy groups -OCH3 is 1. The number of hydrogen-bond donors (Lipinski definition) is 3. The Labute approximate surface area is 253 Å². The second-order valence-corrected chi connectivity index (χ2v) is 13.4. The van der Waals surface area contributed by atoms with Gasteiger partial charge in [-0.3, -0.25) is 0 Å². The highest BCUT2D eigenvalue weighted by Gasteiger charge is 2.33. The van der Waals surface area contributed by atoms with Gasteiger partial charge >= 0.3 is 6.18 Å². The van der Waals surface area contributed by atoms with Crippen molar-refractivity contribution < 1.29 is 31.1 Å². The fraction of sp³-hybridized carbons (Fsp3) is 0.467. The number of hydrogen-bond acceptors (Lipinski definition) is 8. The molecule has 2 fully saturated rings. The van der Waals surface area contributed by atoms with Crippen molar-refractivity contribution in [3.63, 3.8) is 0 Å². The largest absolute Gasteiger partial charge is 0.489 e. The molecule has 232 valence electrons. The summed E-state index contributed by atoms with van der Waals surface area (Å²) < 4.78 is 76.0. The van der Waals surface area contributed by atoms with E-state index in [4.69, 9.17) is 14.6 Å². The second-order valence-electron chi connectivity index (χ2n) is 10.8. The van der Waals surface area contributed by atoms with Gasteiger partial charge in [0.15, 0.2) is 0 Å². The summed E-state index contributed by atoms with van der Waals surface area (Å²) in [5.74, 6) is 6.13. The Morgan fingerprint density at radius 1 is 1.09 bits per heavy atom. The number of primary sulfonamides is 1. The van der Waals surface area contributed by atoms with E-state index < -0.39 is 22.6 Å². The van der Waals surface area contributed by atoms with E-state index in [1.165, 1.54) is 49.5 Å². The Hall–Kier alpha value is -3.02. The smallest absolute Gasteiger partial charge is 0.393 e. The van der Waals surface area contributed by atoms with E-state index in [9.17, 15) is 21.6 Å². The number of thiophene rings is 1. The highest BCUT2D eigenvalue weighted by Crippen LogP contribution is 2.40. The van der Waals surface area contributed by atoms with Gasteiger partial charge in [0.25, 0.3) is 0 Å². The van der Waals surface area contributed by atoms with Crippen molar-refractivity contribution in [2.45, 2.75) is 55.3 Å². The quantitative estimate of drug-likeness (QED) is 0.197. The molecule has 0 bridgehead atoms. The molecule has 8 nitrogen and oxygen atoms in total. The van der Waals surface area contributed by atoms with Crippen LogP contribution in [0.1, 0.15) is 36.1 Å². The molecule has 0 spiro atoms. The molecular weight excluding hydrogens is 601 g/mol. The van der Waals surface area contributed by atoms with Gasteiger partial charge in [-0.05, 0) is 54.8 Å². The summed E-state index contributed by atoms with van der Waals surface area (Å²) in [6.07, 6.45) is -0.894. The molecule has 1 aliphatic heterocycles. The van der Waals surface area contributed by atoms with Crippen molar-refractivity contribution >= 4 is 42.8 Å². The van der Waals surface area contributed by atoms with E-state index in [0.717, 1.165) is 42.4 Å². The van der Waals surface area contributed by atoms with Crippen molar-refractivity contribution in [2.75, 3.05) is 50.6 Å². The van der Waals surface area contributed by atoms with Crippen molar-refractivity contribution in [1.29, 1.82) is 0 Å². The number of rotatable bonds is 11. The van der Waals surface area contributed by atoms with Crippen LogP contribution in [0.2, 0.25) is 0 Å². The number of benzene rings is 2. The standard InChI is InChI=1S/C30H35F3N4O4S2/c1-40-16-17-41-27-18-22(43(34,38)39)9-10-25(27)35-13-3-6-28-24(19-30(31,32)33)23-4-2-5-26(29(23)42-28)36-20-11-14-37(15-12-20)21-7-8-21/h2,4-5,9-10,18,20-21,35-36H,7-8,11-17,19H2,1H3,(H2,34,38,39). The van der Waals surface area contributed by atoms with Crippen LogP contribution in [0.3, 0.4) is 0 Å². The number of nitrogens with two attached hydrogens (primary N) is 1. The summed E-state index contributed by atoms with van der Waals surface area (Å²) in [7, 11) is -2.44. The Balaban J connectivity index is 1.35. The second kappa shape index (κ2) is 13.3. The lowest BCUT2D eigenvalue weighted by molar-refractivity contribution is -0.126. The van der Waals surface area contributed by atoms with Gasteiger partial charge in [0.1, 0.15) is 12.4 Å². The molecule has 3 aromatic rings. The molecule has 43 heavy (non-hydrogen) atoms. The molecule has 13 heteroatoms. The molecule has 1 aliphatic carbocycles. The molecule has 2 heterocycles. The Morgan fingerprint density at radius 2 is 1.86 bits per heavy atom. The molecule has 0 atom stereocenters. The number of halogens is 3. The predicted octanol–water partition coefficient (Wildman–Crippen LogP) is 5.18. The molecule has 4 N–H and O–H groups in total. The Kier molecular flexibility index (Phi) is 9.73. The van der Waals surface area contributed by atoms with Crippen LogP contribution in [0.4, 0.5) is 24.5 Å². The van der Waals surface area contributed by atoms with Gasteiger partial charge in [-0.25, -0.2) is 13.6 Å². The number of likely N-dealkylation sites (tertiary alicyclic amines) is 1. The first kappa shape index (κ1) is 31.4. The topological polar surface area (TPSA) is 106 Å². The van der Waals surface area contributed by atoms with Gasteiger partial charge in [-0.15, -0.1) is 11.3 Å². The number of ether oxygens (including phenoxy) is 2. The zero-order valence-corrected chi connectivity index (χ0v) is 25.4. The van der Waals surface area contributed by atoms with Crippen LogP contribution in [0, 0.1) is 11.8 Å². The minimum absolute atomic E-state index is 0.0831. The van der Waals surface area contributed by atoms with Crippen LogP contribution in [0.15, 0.2) is 41.3 Å². The number of alkyl halides is 3. The molecular formula is C30H35F3N4O4S2. The zero-order chi connectivity index (χ0) is 30.6. The number of nitrogens with one attached hydrogen (secondary N) is 2. The van der Waals surface area contributed by atoms with Crippen LogP contribution in [-0.2, 0) is 21.2 Å². The molecule has 1 saturated heterocycles. The maximum absolute atomic E-state index is 13.7. The van der Waals surface area contributed by atoms with E-state index in [2.05, 4.69) is 27.4 Å². The average molecular weight is 637 g/mol. The Bertz CT molecular complexity index is 1600. The fourth-order valence-electron chi connectivity index (χ4n) is 5.27. The highest BCUT2D eigenvalue weighted by molar-refractivity contribution is 7.89. The molecule has 0 amide bonds. The molecule has 0 unspecified atom stereocenters. The zero-order valence-electron chi connectivity index (χ0n) is 23.8. The summed E-state index contributed by atoms with van der Waals surface area (Å²) in [5.41, 5.74) is 1.48. The first-order valence-corrected chi connectivity index (χ1v) is 16.5. The molecule has 1 aromatic heterocycles. The van der Waals surface area contributed by atoms with Gasteiger partial charge in [-0.1, -0.05) is 24.0 Å². The summed E-state index contributed by atoms with van der Waals surface area (Å²) in [6.45, 7) is 2.61. The monoisotopic (exact) mass is 636 g/mol. The minimum atomic E-state index is -4.39. The maximum Gasteiger partial charge on any atom is 0.393 e.